The molecule has 2 unspecified atom stereocenters. The van der Waals surface area contributed by atoms with E-state index in [1.54, 1.807) is 0 Å². The van der Waals surface area contributed by atoms with Crippen LogP contribution in [0.3, 0.4) is 0 Å². The third-order valence-electron chi connectivity index (χ3n) is 2.54. The van der Waals surface area contributed by atoms with E-state index in [-0.39, 0.29) is 0 Å². The zero-order valence-electron chi connectivity index (χ0n) is 15.7. The maximum absolute atomic E-state index is 10.3. The average Bonchev–Trinajstić information content (AvgIpc) is 2.59. The van der Waals surface area contributed by atoms with Crippen LogP contribution >= 0.6 is 0 Å². The number of rotatable bonds is 12. The van der Waals surface area contributed by atoms with Crippen molar-refractivity contribution in [1.29, 1.82) is 0 Å². The Morgan fingerprint density at radius 3 is 1.03 bits per heavy atom. The molecule has 0 aliphatic carbocycles. The lowest BCUT2D eigenvalue weighted by Gasteiger charge is -2.18. The van der Waals surface area contributed by atoms with E-state index in [1.807, 2.05) is 0 Å². The fraction of sp³-hybridized carbons (Fsp3) is 0.500. The summed E-state index contributed by atoms with van der Waals surface area (Å²) in [5.41, 5.74) is -2.74. The minimum absolute atomic E-state index is 0.563. The van der Waals surface area contributed by atoms with Crippen LogP contribution in [0.4, 0.5) is 0 Å². The standard InChI is InChI=1S/C6H8O7.C4H6O6.C4H6O5/c7-3(8)1-6(13,5(11)12)2-4(9)10;5-1(3(7)8)2(6)4(9)10;5-3(6)1-9-2-4(7)8/h13H,1-2H2,(H,7,8)(H,9,10)(H,11,12);1-2,5-6H,(H,7,8)(H,9,10);1-2H2,(H,5,6)(H,7,8). The predicted octanol–water partition coefficient (Wildman–Crippen LogP) is -4.20. The second-order valence-electron chi connectivity index (χ2n) is 5.32. The van der Waals surface area contributed by atoms with Crippen LogP contribution < -0.4 is 0 Å². The Bertz CT molecular complexity index is 648. The first-order chi connectivity index (χ1) is 14.4. The first kappa shape index (κ1) is 32.8. The lowest BCUT2D eigenvalue weighted by Crippen LogP contribution is -2.42. The first-order valence-corrected chi connectivity index (χ1v) is 7.59. The number of aliphatic hydroxyl groups is 3. The highest BCUT2D eigenvalue weighted by Crippen LogP contribution is 2.15. The van der Waals surface area contributed by atoms with Crippen LogP contribution in [0.25, 0.3) is 0 Å². The maximum atomic E-state index is 10.3. The molecular weight excluding hydrogens is 456 g/mol. The second-order valence-corrected chi connectivity index (χ2v) is 5.32. The molecule has 0 amide bonds. The number of carboxylic acid groups (broad SMARTS) is 7. The van der Waals surface area contributed by atoms with Crippen LogP contribution in [-0.4, -0.2) is 124 Å². The minimum atomic E-state index is -2.74. The molecule has 0 saturated carbocycles. The summed E-state index contributed by atoms with van der Waals surface area (Å²) in [5, 5.41) is 82.2. The van der Waals surface area contributed by atoms with E-state index in [0.29, 0.717) is 0 Å². The molecule has 0 aromatic heterocycles. The summed E-state index contributed by atoms with van der Waals surface area (Å²) in [5.74, 6) is -10.9. The Balaban J connectivity index is -0.000000403. The molecule has 0 spiro atoms. The maximum Gasteiger partial charge on any atom is 0.336 e. The van der Waals surface area contributed by atoms with Gasteiger partial charge in [-0.2, -0.15) is 0 Å². The van der Waals surface area contributed by atoms with E-state index in [2.05, 4.69) is 4.74 Å². The molecule has 2 atom stereocenters. The third kappa shape index (κ3) is 18.2. The molecule has 18 nitrogen and oxygen atoms in total. The van der Waals surface area contributed by atoms with Gasteiger partial charge in [0.25, 0.3) is 0 Å². The van der Waals surface area contributed by atoms with E-state index in [0.717, 1.165) is 0 Å². The van der Waals surface area contributed by atoms with Crippen molar-refractivity contribution < 1.29 is 89.4 Å². The van der Waals surface area contributed by atoms with Crippen LogP contribution in [0, 0.1) is 0 Å². The van der Waals surface area contributed by atoms with Gasteiger partial charge in [0.15, 0.2) is 17.8 Å². The molecule has 0 rings (SSSR count). The summed E-state index contributed by atoms with van der Waals surface area (Å²) in [6.45, 7) is -1.13. The van der Waals surface area contributed by atoms with E-state index >= 15 is 0 Å². The van der Waals surface area contributed by atoms with Crippen LogP contribution in [-0.2, 0) is 38.3 Å². The zero-order valence-corrected chi connectivity index (χ0v) is 15.7. The normalized spacial score (nSPS) is 11.8. The van der Waals surface area contributed by atoms with Crippen molar-refractivity contribution >= 4 is 41.8 Å². The molecule has 0 saturated heterocycles. The van der Waals surface area contributed by atoms with Crippen LogP contribution in [0.15, 0.2) is 0 Å². The average molecular weight is 476 g/mol. The highest BCUT2D eigenvalue weighted by atomic mass is 16.5. The van der Waals surface area contributed by atoms with Crippen molar-refractivity contribution in [3.05, 3.63) is 0 Å². The lowest BCUT2D eigenvalue weighted by atomic mass is 9.96. The van der Waals surface area contributed by atoms with Crippen molar-refractivity contribution in [2.45, 2.75) is 30.7 Å². The monoisotopic (exact) mass is 476 g/mol. The van der Waals surface area contributed by atoms with Gasteiger partial charge in [-0.3, -0.25) is 9.59 Å². The molecular formula is C14H20O18. The van der Waals surface area contributed by atoms with Gasteiger partial charge in [-0.05, 0) is 0 Å². The summed E-state index contributed by atoms with van der Waals surface area (Å²) < 4.78 is 4.16. The van der Waals surface area contributed by atoms with Gasteiger partial charge in [0.2, 0.25) is 0 Å². The molecule has 0 bridgehead atoms. The molecule has 0 aliphatic heterocycles. The number of aliphatic hydroxyl groups excluding tert-OH is 2. The fourth-order valence-electron chi connectivity index (χ4n) is 1.21. The summed E-state index contributed by atoms with van der Waals surface area (Å²) in [7, 11) is 0. The molecule has 0 radical (unpaired) electrons. The van der Waals surface area contributed by atoms with E-state index in [4.69, 9.17) is 51.1 Å². The molecule has 0 aromatic rings. The number of aliphatic carboxylic acids is 7. The predicted molar refractivity (Wildman–Crippen MR) is 90.5 cm³/mol. The molecule has 18 heteroatoms. The van der Waals surface area contributed by atoms with Crippen LogP contribution in [0.2, 0.25) is 0 Å². The number of carbonyl (C=O) groups is 7. The Kier molecular flexibility index (Phi) is 16.3. The Hall–Kier alpha value is -3.87. The highest BCUT2D eigenvalue weighted by Gasteiger charge is 2.40. The Labute approximate surface area is 176 Å². The topological polar surface area (TPSA) is 331 Å². The quantitative estimate of drug-likeness (QED) is 0.127. The van der Waals surface area contributed by atoms with E-state index in [1.165, 1.54) is 0 Å². The van der Waals surface area contributed by atoms with Crippen molar-refractivity contribution in [2.24, 2.45) is 0 Å². The van der Waals surface area contributed by atoms with Crippen molar-refractivity contribution in [3.8, 4) is 0 Å². The molecule has 184 valence electrons. The van der Waals surface area contributed by atoms with Crippen molar-refractivity contribution in [2.75, 3.05) is 13.2 Å². The van der Waals surface area contributed by atoms with E-state index in [9.17, 15) is 33.6 Å². The minimum Gasteiger partial charge on any atom is -0.481 e. The number of hydrogen-bond acceptors (Lipinski definition) is 11. The van der Waals surface area contributed by atoms with Gasteiger partial charge < -0.3 is 55.8 Å². The number of ether oxygens (including phenoxy) is 1. The van der Waals surface area contributed by atoms with Gasteiger partial charge in [-0.15, -0.1) is 0 Å². The van der Waals surface area contributed by atoms with Gasteiger partial charge in [-0.25, -0.2) is 24.0 Å². The zero-order chi connectivity index (χ0) is 26.2. The fourth-order valence-corrected chi connectivity index (χ4v) is 1.21. The molecule has 0 fully saturated rings. The SMILES string of the molecule is O=C(O)C(O)C(O)C(=O)O.O=C(O)CC(O)(CC(=O)O)C(=O)O.O=C(O)COCC(=O)O. The molecule has 0 aliphatic rings. The summed E-state index contributed by atoms with van der Waals surface area (Å²) >= 11 is 0. The third-order valence-corrected chi connectivity index (χ3v) is 2.54. The summed E-state index contributed by atoms with van der Waals surface area (Å²) in [6, 6.07) is 0. The summed E-state index contributed by atoms with van der Waals surface area (Å²) in [6.07, 6.45) is -6.82. The van der Waals surface area contributed by atoms with E-state index < -0.39 is 85.6 Å². The molecule has 10 N–H and O–H groups in total. The van der Waals surface area contributed by atoms with Gasteiger partial charge in [-0.1, -0.05) is 0 Å². The first-order valence-electron chi connectivity index (χ1n) is 7.59. The lowest BCUT2D eigenvalue weighted by molar-refractivity contribution is -0.170. The second kappa shape index (κ2) is 15.9. The van der Waals surface area contributed by atoms with Crippen molar-refractivity contribution in [1.82, 2.24) is 0 Å². The largest absolute Gasteiger partial charge is 0.481 e. The van der Waals surface area contributed by atoms with Gasteiger partial charge in [0, 0.05) is 0 Å². The molecule has 32 heavy (non-hydrogen) atoms. The number of hydrogen-bond donors (Lipinski definition) is 10. The Morgan fingerprint density at radius 2 is 0.875 bits per heavy atom. The Morgan fingerprint density at radius 1 is 0.594 bits per heavy atom. The number of carboxylic acids is 7. The summed E-state index contributed by atoms with van der Waals surface area (Å²) in [4.78, 5) is 69.4. The van der Waals surface area contributed by atoms with Crippen LogP contribution in [0.1, 0.15) is 12.8 Å². The molecule has 0 aromatic carbocycles. The van der Waals surface area contributed by atoms with Gasteiger partial charge >= 0.3 is 41.8 Å². The van der Waals surface area contributed by atoms with Crippen molar-refractivity contribution in [3.63, 3.8) is 0 Å². The highest BCUT2D eigenvalue weighted by molar-refractivity contribution is 5.88. The molecule has 0 heterocycles. The van der Waals surface area contributed by atoms with Gasteiger partial charge in [0.1, 0.15) is 13.2 Å². The van der Waals surface area contributed by atoms with Crippen LogP contribution in [0.5, 0.6) is 0 Å². The smallest absolute Gasteiger partial charge is 0.336 e. The van der Waals surface area contributed by atoms with Gasteiger partial charge in [0.05, 0.1) is 12.8 Å².